The first-order valence-electron chi connectivity index (χ1n) is 13.4. The SMILES string of the molecule is CCCCOc1ccc(-c2nc(-c3cccc(-c4c[nH]c(-c5ccc(OCCCC)cc5)n4)c3)c[nH]2)cc1. The van der Waals surface area contributed by atoms with Crippen molar-refractivity contribution in [3.8, 4) is 56.8 Å². The Morgan fingerprint density at radius 1 is 0.579 bits per heavy atom. The predicted molar refractivity (Wildman–Crippen MR) is 153 cm³/mol. The van der Waals surface area contributed by atoms with E-state index in [9.17, 15) is 0 Å². The van der Waals surface area contributed by atoms with Crippen molar-refractivity contribution < 1.29 is 9.47 Å². The van der Waals surface area contributed by atoms with Crippen molar-refractivity contribution in [2.45, 2.75) is 39.5 Å². The molecule has 38 heavy (non-hydrogen) atoms. The summed E-state index contributed by atoms with van der Waals surface area (Å²) >= 11 is 0. The summed E-state index contributed by atoms with van der Waals surface area (Å²) in [7, 11) is 0. The van der Waals surface area contributed by atoms with E-state index in [0.29, 0.717) is 0 Å². The summed E-state index contributed by atoms with van der Waals surface area (Å²) in [5.41, 5.74) is 5.88. The first-order valence-corrected chi connectivity index (χ1v) is 13.4. The summed E-state index contributed by atoms with van der Waals surface area (Å²) in [4.78, 5) is 16.3. The first-order chi connectivity index (χ1) is 18.7. The molecule has 2 heterocycles. The number of rotatable bonds is 12. The first kappa shape index (κ1) is 25.3. The summed E-state index contributed by atoms with van der Waals surface area (Å²) in [5.74, 6) is 3.43. The lowest BCUT2D eigenvalue weighted by Gasteiger charge is -2.05. The maximum atomic E-state index is 5.78. The van der Waals surface area contributed by atoms with Crippen molar-refractivity contribution in [3.63, 3.8) is 0 Å². The van der Waals surface area contributed by atoms with Crippen LogP contribution in [0.1, 0.15) is 39.5 Å². The highest BCUT2D eigenvalue weighted by molar-refractivity contribution is 5.72. The van der Waals surface area contributed by atoms with Crippen molar-refractivity contribution in [1.29, 1.82) is 0 Å². The summed E-state index contributed by atoms with van der Waals surface area (Å²) in [5, 5.41) is 0. The van der Waals surface area contributed by atoms with Crippen molar-refractivity contribution in [2.75, 3.05) is 13.2 Å². The van der Waals surface area contributed by atoms with Gasteiger partial charge in [0, 0.05) is 34.6 Å². The monoisotopic (exact) mass is 506 g/mol. The molecule has 5 rings (SSSR count). The van der Waals surface area contributed by atoms with Crippen molar-refractivity contribution >= 4 is 0 Å². The minimum atomic E-state index is 0.745. The Morgan fingerprint density at radius 3 is 1.45 bits per heavy atom. The fourth-order valence-electron chi connectivity index (χ4n) is 4.16. The summed E-state index contributed by atoms with van der Waals surface area (Å²) in [6.07, 6.45) is 8.26. The van der Waals surface area contributed by atoms with Gasteiger partial charge in [-0.25, -0.2) is 9.97 Å². The molecule has 0 bridgehead atoms. The third kappa shape index (κ3) is 6.14. The number of benzene rings is 3. The van der Waals surface area contributed by atoms with E-state index < -0.39 is 0 Å². The van der Waals surface area contributed by atoms with Gasteiger partial charge in [0.15, 0.2) is 0 Å². The summed E-state index contributed by atoms with van der Waals surface area (Å²) < 4.78 is 11.6. The summed E-state index contributed by atoms with van der Waals surface area (Å²) in [6, 6.07) is 24.4. The molecule has 0 amide bonds. The second kappa shape index (κ2) is 12.3. The molecule has 0 radical (unpaired) electrons. The lowest BCUT2D eigenvalue weighted by Crippen LogP contribution is -1.96. The van der Waals surface area contributed by atoms with Gasteiger partial charge in [0.05, 0.1) is 24.6 Å². The van der Waals surface area contributed by atoms with Gasteiger partial charge in [-0.1, -0.05) is 44.9 Å². The lowest BCUT2D eigenvalue weighted by atomic mass is 10.1. The van der Waals surface area contributed by atoms with E-state index in [1.807, 2.05) is 67.0 Å². The Balaban J connectivity index is 1.28. The minimum absolute atomic E-state index is 0.745. The van der Waals surface area contributed by atoms with Crippen LogP contribution in [0, 0.1) is 0 Å². The molecule has 0 saturated carbocycles. The Hall–Kier alpha value is -4.32. The van der Waals surface area contributed by atoms with E-state index in [4.69, 9.17) is 19.4 Å². The van der Waals surface area contributed by atoms with E-state index in [0.717, 1.165) is 95.7 Å². The molecule has 5 aromatic rings. The van der Waals surface area contributed by atoms with Gasteiger partial charge in [-0.3, -0.25) is 0 Å². The van der Waals surface area contributed by atoms with Crippen molar-refractivity contribution in [2.24, 2.45) is 0 Å². The van der Waals surface area contributed by atoms with E-state index in [2.05, 4.69) is 42.0 Å². The van der Waals surface area contributed by atoms with Gasteiger partial charge in [-0.05, 0) is 67.4 Å². The number of unbranched alkanes of at least 4 members (excludes halogenated alkanes) is 2. The van der Waals surface area contributed by atoms with Crippen LogP contribution in [0.4, 0.5) is 0 Å². The number of ether oxygens (including phenoxy) is 2. The van der Waals surface area contributed by atoms with Crippen LogP contribution >= 0.6 is 0 Å². The Labute approximate surface area is 224 Å². The molecule has 194 valence electrons. The highest BCUT2D eigenvalue weighted by Gasteiger charge is 2.10. The second-order valence-electron chi connectivity index (χ2n) is 9.30. The van der Waals surface area contributed by atoms with Crippen LogP contribution in [0.15, 0.2) is 85.2 Å². The molecule has 0 saturated heterocycles. The highest BCUT2D eigenvalue weighted by atomic mass is 16.5. The maximum Gasteiger partial charge on any atom is 0.138 e. The van der Waals surface area contributed by atoms with E-state index in [1.54, 1.807) is 0 Å². The van der Waals surface area contributed by atoms with Crippen LogP contribution in [0.2, 0.25) is 0 Å². The van der Waals surface area contributed by atoms with Crippen LogP contribution in [-0.2, 0) is 0 Å². The Morgan fingerprint density at radius 2 is 1.03 bits per heavy atom. The largest absolute Gasteiger partial charge is 0.494 e. The van der Waals surface area contributed by atoms with Crippen LogP contribution in [0.25, 0.3) is 45.3 Å². The van der Waals surface area contributed by atoms with Gasteiger partial charge < -0.3 is 19.4 Å². The van der Waals surface area contributed by atoms with Gasteiger partial charge >= 0.3 is 0 Å². The molecule has 2 aromatic heterocycles. The number of hydrogen-bond acceptors (Lipinski definition) is 4. The third-order valence-electron chi connectivity index (χ3n) is 6.40. The quantitative estimate of drug-likeness (QED) is 0.167. The van der Waals surface area contributed by atoms with Gasteiger partial charge in [0.25, 0.3) is 0 Å². The van der Waals surface area contributed by atoms with Crippen LogP contribution in [0.3, 0.4) is 0 Å². The summed E-state index contributed by atoms with van der Waals surface area (Å²) in [6.45, 7) is 5.81. The Kier molecular flexibility index (Phi) is 8.19. The minimum Gasteiger partial charge on any atom is -0.494 e. The normalized spacial score (nSPS) is 11.0. The fraction of sp³-hybridized carbons (Fsp3) is 0.250. The molecular weight excluding hydrogens is 472 g/mol. The van der Waals surface area contributed by atoms with E-state index in [-0.39, 0.29) is 0 Å². The van der Waals surface area contributed by atoms with Crippen molar-refractivity contribution in [3.05, 3.63) is 85.2 Å². The molecule has 0 aliphatic rings. The van der Waals surface area contributed by atoms with Crippen LogP contribution in [-0.4, -0.2) is 33.1 Å². The zero-order chi connectivity index (χ0) is 26.2. The zero-order valence-electron chi connectivity index (χ0n) is 22.0. The number of H-pyrrole nitrogens is 2. The molecule has 0 spiro atoms. The topological polar surface area (TPSA) is 75.8 Å². The molecule has 0 atom stereocenters. The van der Waals surface area contributed by atoms with Crippen molar-refractivity contribution in [1.82, 2.24) is 19.9 Å². The van der Waals surface area contributed by atoms with Crippen LogP contribution < -0.4 is 9.47 Å². The number of aromatic nitrogens is 4. The lowest BCUT2D eigenvalue weighted by molar-refractivity contribution is 0.309. The number of aromatic amines is 2. The van der Waals surface area contributed by atoms with Gasteiger partial charge in [0.1, 0.15) is 23.1 Å². The molecule has 0 aliphatic heterocycles. The van der Waals surface area contributed by atoms with E-state index in [1.165, 1.54) is 0 Å². The molecule has 6 heteroatoms. The average Bonchev–Trinajstić information content (AvgIpc) is 3.65. The molecule has 6 nitrogen and oxygen atoms in total. The Bertz CT molecular complexity index is 1330. The molecule has 2 N–H and O–H groups in total. The number of nitrogens with zero attached hydrogens (tertiary/aromatic N) is 2. The van der Waals surface area contributed by atoms with Gasteiger partial charge in [-0.15, -0.1) is 0 Å². The van der Waals surface area contributed by atoms with Crippen LogP contribution in [0.5, 0.6) is 11.5 Å². The average molecular weight is 507 g/mol. The number of nitrogens with one attached hydrogen (secondary N) is 2. The molecule has 0 aliphatic carbocycles. The fourth-order valence-corrected chi connectivity index (χ4v) is 4.16. The molecule has 0 unspecified atom stereocenters. The zero-order valence-corrected chi connectivity index (χ0v) is 22.0. The predicted octanol–water partition coefficient (Wildman–Crippen LogP) is 8.16. The number of imidazole rings is 2. The second-order valence-corrected chi connectivity index (χ2v) is 9.30. The number of hydrogen-bond donors (Lipinski definition) is 2. The standard InChI is InChI=1S/C32H34N4O2/c1-3-5-18-37-27-14-10-23(11-15-27)31-33-21-29(35-31)25-8-7-9-26(20-25)30-22-34-32(36-30)24-12-16-28(17-13-24)38-19-6-4-2/h7-17,20-22H,3-6,18-19H2,1-2H3,(H,33,35)(H,34,36). The van der Waals surface area contributed by atoms with E-state index >= 15 is 0 Å². The third-order valence-corrected chi connectivity index (χ3v) is 6.40. The highest BCUT2D eigenvalue weighted by Crippen LogP contribution is 2.29. The smallest absolute Gasteiger partial charge is 0.138 e. The molecule has 0 fully saturated rings. The molecular formula is C32H34N4O2. The van der Waals surface area contributed by atoms with Gasteiger partial charge in [-0.2, -0.15) is 0 Å². The molecule has 3 aromatic carbocycles. The van der Waals surface area contributed by atoms with Gasteiger partial charge in [0.2, 0.25) is 0 Å². The maximum absolute atomic E-state index is 5.78.